The number of hydrogen-bond donors (Lipinski definition) is 0. The summed E-state index contributed by atoms with van der Waals surface area (Å²) < 4.78 is 0. The molecule has 1 fully saturated rings. The molecule has 0 aromatic rings. The summed E-state index contributed by atoms with van der Waals surface area (Å²) in [5.41, 5.74) is 1.53. The largest absolute Gasteiger partial charge is 0.294 e. The topological polar surface area (TPSA) is 12.4 Å². The van der Waals surface area contributed by atoms with E-state index in [0.29, 0.717) is 0 Å². The number of aliphatic imine (C=N–C) groups is 1. The van der Waals surface area contributed by atoms with Crippen molar-refractivity contribution >= 4 is 5.71 Å². The molecule has 0 saturated heterocycles. The molecule has 1 aliphatic carbocycles. The van der Waals surface area contributed by atoms with Crippen LogP contribution in [0.4, 0.5) is 0 Å². The molecule has 0 atom stereocenters. The average molecular weight is 109 g/mol. The summed E-state index contributed by atoms with van der Waals surface area (Å²) >= 11 is 0. The lowest BCUT2D eigenvalue weighted by atomic mass is 10.2. The SMILES string of the molecule is C1CN=C(C2CC2)C1. The van der Waals surface area contributed by atoms with Crippen LogP contribution in [0.15, 0.2) is 4.99 Å². The summed E-state index contributed by atoms with van der Waals surface area (Å²) in [6, 6.07) is 0. The fourth-order valence-electron chi connectivity index (χ4n) is 1.31. The van der Waals surface area contributed by atoms with E-state index in [1.807, 2.05) is 0 Å². The summed E-state index contributed by atoms with van der Waals surface area (Å²) in [6.07, 6.45) is 5.49. The highest BCUT2D eigenvalue weighted by molar-refractivity contribution is 5.89. The van der Waals surface area contributed by atoms with Crippen LogP contribution in [0.3, 0.4) is 0 Å². The molecule has 1 saturated carbocycles. The van der Waals surface area contributed by atoms with E-state index in [0.717, 1.165) is 12.5 Å². The van der Waals surface area contributed by atoms with E-state index in [9.17, 15) is 0 Å². The molecule has 1 heterocycles. The van der Waals surface area contributed by atoms with Crippen LogP contribution in [-0.4, -0.2) is 12.3 Å². The smallest absolute Gasteiger partial charge is 0.0392 e. The maximum absolute atomic E-state index is 4.41. The Labute approximate surface area is 49.8 Å². The van der Waals surface area contributed by atoms with Gasteiger partial charge in [0.15, 0.2) is 0 Å². The van der Waals surface area contributed by atoms with Crippen LogP contribution in [0.25, 0.3) is 0 Å². The molecule has 0 amide bonds. The Kier molecular flexibility index (Phi) is 0.893. The third kappa shape index (κ3) is 0.662. The zero-order valence-corrected chi connectivity index (χ0v) is 5.06. The number of rotatable bonds is 1. The monoisotopic (exact) mass is 109 g/mol. The van der Waals surface area contributed by atoms with E-state index >= 15 is 0 Å². The van der Waals surface area contributed by atoms with Crippen LogP contribution in [0, 0.1) is 5.92 Å². The summed E-state index contributed by atoms with van der Waals surface area (Å²) in [5, 5.41) is 0. The minimum Gasteiger partial charge on any atom is -0.294 e. The van der Waals surface area contributed by atoms with Crippen molar-refractivity contribution in [3.63, 3.8) is 0 Å². The second-order valence-electron chi connectivity index (χ2n) is 2.75. The van der Waals surface area contributed by atoms with E-state index in [2.05, 4.69) is 4.99 Å². The highest BCUT2D eigenvalue weighted by Crippen LogP contribution is 2.33. The van der Waals surface area contributed by atoms with Crippen molar-refractivity contribution in [2.75, 3.05) is 6.54 Å². The molecule has 0 bridgehead atoms. The van der Waals surface area contributed by atoms with Gasteiger partial charge in [0.2, 0.25) is 0 Å². The standard InChI is InChI=1S/C7H11N/c1-2-7(8-5-1)6-3-4-6/h6H,1-5H2. The zero-order valence-electron chi connectivity index (χ0n) is 5.06. The molecule has 0 unspecified atom stereocenters. The van der Waals surface area contributed by atoms with Gasteiger partial charge < -0.3 is 0 Å². The molecule has 44 valence electrons. The fraction of sp³-hybridized carbons (Fsp3) is 0.857. The van der Waals surface area contributed by atoms with Gasteiger partial charge in [-0.05, 0) is 31.6 Å². The molecule has 0 radical (unpaired) electrons. The number of hydrogen-bond acceptors (Lipinski definition) is 1. The van der Waals surface area contributed by atoms with Crippen molar-refractivity contribution in [2.24, 2.45) is 10.9 Å². The Bertz CT molecular complexity index is 122. The first-order chi connectivity index (χ1) is 3.97. The molecular formula is C7H11N. The van der Waals surface area contributed by atoms with Gasteiger partial charge in [0, 0.05) is 12.3 Å². The predicted octanol–water partition coefficient (Wildman–Crippen LogP) is 1.63. The Morgan fingerprint density at radius 2 is 2.25 bits per heavy atom. The third-order valence-corrected chi connectivity index (χ3v) is 1.95. The molecule has 2 aliphatic rings. The van der Waals surface area contributed by atoms with Crippen LogP contribution >= 0.6 is 0 Å². The Morgan fingerprint density at radius 1 is 1.38 bits per heavy atom. The van der Waals surface area contributed by atoms with E-state index < -0.39 is 0 Å². The third-order valence-electron chi connectivity index (χ3n) is 1.95. The second-order valence-corrected chi connectivity index (χ2v) is 2.75. The van der Waals surface area contributed by atoms with Crippen molar-refractivity contribution in [3.05, 3.63) is 0 Å². The van der Waals surface area contributed by atoms with Crippen LogP contribution in [0.1, 0.15) is 25.7 Å². The summed E-state index contributed by atoms with van der Waals surface area (Å²) in [4.78, 5) is 4.41. The molecule has 0 aromatic carbocycles. The maximum atomic E-state index is 4.41. The first-order valence-corrected chi connectivity index (χ1v) is 3.50. The van der Waals surface area contributed by atoms with Gasteiger partial charge in [0.1, 0.15) is 0 Å². The van der Waals surface area contributed by atoms with Crippen LogP contribution < -0.4 is 0 Å². The van der Waals surface area contributed by atoms with Crippen LogP contribution in [0.5, 0.6) is 0 Å². The Hall–Kier alpha value is -0.330. The molecular weight excluding hydrogens is 98.1 g/mol. The van der Waals surface area contributed by atoms with Gasteiger partial charge in [-0.2, -0.15) is 0 Å². The molecule has 8 heavy (non-hydrogen) atoms. The predicted molar refractivity (Wildman–Crippen MR) is 34.3 cm³/mol. The van der Waals surface area contributed by atoms with Crippen molar-refractivity contribution in [2.45, 2.75) is 25.7 Å². The highest BCUT2D eigenvalue weighted by Gasteiger charge is 2.28. The highest BCUT2D eigenvalue weighted by atomic mass is 14.8. The molecule has 1 aliphatic heterocycles. The first-order valence-electron chi connectivity index (χ1n) is 3.50. The van der Waals surface area contributed by atoms with Crippen LogP contribution in [0.2, 0.25) is 0 Å². The lowest BCUT2D eigenvalue weighted by molar-refractivity contribution is 0.946. The summed E-state index contributed by atoms with van der Waals surface area (Å²) in [6.45, 7) is 1.12. The first kappa shape index (κ1) is 4.54. The normalized spacial score (nSPS) is 28.2. The molecule has 0 aromatic heterocycles. The Balaban J connectivity index is 2.02. The minimum absolute atomic E-state index is 0.942. The van der Waals surface area contributed by atoms with Gasteiger partial charge in [0.05, 0.1) is 0 Å². The molecule has 2 rings (SSSR count). The van der Waals surface area contributed by atoms with Gasteiger partial charge in [-0.25, -0.2) is 0 Å². The molecule has 0 spiro atoms. The van der Waals surface area contributed by atoms with Crippen molar-refractivity contribution in [1.82, 2.24) is 0 Å². The second kappa shape index (κ2) is 1.57. The maximum Gasteiger partial charge on any atom is 0.0392 e. The van der Waals surface area contributed by atoms with E-state index in [4.69, 9.17) is 0 Å². The van der Waals surface area contributed by atoms with Crippen molar-refractivity contribution in [1.29, 1.82) is 0 Å². The van der Waals surface area contributed by atoms with Gasteiger partial charge in [-0.15, -0.1) is 0 Å². The van der Waals surface area contributed by atoms with Gasteiger partial charge in [0.25, 0.3) is 0 Å². The van der Waals surface area contributed by atoms with E-state index in [1.54, 1.807) is 0 Å². The van der Waals surface area contributed by atoms with E-state index in [1.165, 1.54) is 31.4 Å². The fourth-order valence-corrected chi connectivity index (χ4v) is 1.31. The lowest BCUT2D eigenvalue weighted by Crippen LogP contribution is -1.93. The van der Waals surface area contributed by atoms with Crippen molar-refractivity contribution in [3.8, 4) is 0 Å². The Morgan fingerprint density at radius 3 is 2.75 bits per heavy atom. The zero-order chi connectivity index (χ0) is 5.40. The van der Waals surface area contributed by atoms with Crippen LogP contribution in [-0.2, 0) is 0 Å². The summed E-state index contributed by atoms with van der Waals surface area (Å²) in [7, 11) is 0. The molecule has 1 heteroatoms. The van der Waals surface area contributed by atoms with Gasteiger partial charge >= 0.3 is 0 Å². The van der Waals surface area contributed by atoms with E-state index in [-0.39, 0.29) is 0 Å². The minimum atomic E-state index is 0.942. The average Bonchev–Trinajstić information content (AvgIpc) is 2.49. The molecule has 1 nitrogen and oxygen atoms in total. The lowest BCUT2D eigenvalue weighted by Gasteiger charge is -1.89. The quantitative estimate of drug-likeness (QED) is 0.485. The van der Waals surface area contributed by atoms with Gasteiger partial charge in [-0.3, -0.25) is 4.99 Å². The molecule has 0 N–H and O–H groups in total. The van der Waals surface area contributed by atoms with Crippen molar-refractivity contribution < 1.29 is 0 Å². The summed E-state index contributed by atoms with van der Waals surface area (Å²) in [5.74, 6) is 0.942. The number of nitrogens with zero attached hydrogens (tertiary/aromatic N) is 1. The van der Waals surface area contributed by atoms with Gasteiger partial charge in [-0.1, -0.05) is 0 Å².